The number of carbonyl (C=O) groups is 1. The molecule has 0 unspecified atom stereocenters. The van der Waals surface area contributed by atoms with Gasteiger partial charge in [-0.2, -0.15) is 0 Å². The SMILES string of the molecule is CCNc1cc(Nc2ccc(NC(=O)c3ccc([N+](=O)[O-])cc3)cc2)nc(C)n1. The van der Waals surface area contributed by atoms with Crippen LogP contribution >= 0.6 is 0 Å². The molecule has 1 heterocycles. The second-order valence-corrected chi connectivity index (χ2v) is 6.18. The number of carbonyl (C=O) groups excluding carboxylic acids is 1. The summed E-state index contributed by atoms with van der Waals surface area (Å²) in [5.74, 6) is 1.71. The van der Waals surface area contributed by atoms with Crippen LogP contribution in [-0.4, -0.2) is 27.3 Å². The number of amides is 1. The lowest BCUT2D eigenvalue weighted by Crippen LogP contribution is -2.11. The first-order chi connectivity index (χ1) is 13.9. The molecule has 9 nitrogen and oxygen atoms in total. The van der Waals surface area contributed by atoms with E-state index < -0.39 is 4.92 Å². The number of aromatic nitrogens is 2. The lowest BCUT2D eigenvalue weighted by atomic mass is 10.2. The molecular formula is C20H20N6O3. The molecule has 0 aliphatic carbocycles. The van der Waals surface area contributed by atoms with Gasteiger partial charge in [-0.15, -0.1) is 0 Å². The Balaban J connectivity index is 1.65. The number of rotatable bonds is 7. The normalized spacial score (nSPS) is 10.3. The number of nitrogens with zero attached hydrogens (tertiary/aromatic N) is 3. The molecule has 0 radical (unpaired) electrons. The van der Waals surface area contributed by atoms with Crippen molar-refractivity contribution in [2.24, 2.45) is 0 Å². The number of hydrogen-bond acceptors (Lipinski definition) is 7. The van der Waals surface area contributed by atoms with E-state index in [1.165, 1.54) is 24.3 Å². The Labute approximate surface area is 167 Å². The van der Waals surface area contributed by atoms with Crippen LogP contribution < -0.4 is 16.0 Å². The Morgan fingerprint density at radius 1 is 1.00 bits per heavy atom. The molecule has 1 amide bonds. The van der Waals surface area contributed by atoms with Crippen molar-refractivity contribution in [2.45, 2.75) is 13.8 Å². The third kappa shape index (κ3) is 5.25. The number of non-ortho nitro benzene ring substituents is 1. The van der Waals surface area contributed by atoms with Crippen molar-refractivity contribution in [1.82, 2.24) is 9.97 Å². The van der Waals surface area contributed by atoms with Gasteiger partial charge in [0.2, 0.25) is 0 Å². The summed E-state index contributed by atoms with van der Waals surface area (Å²) in [5.41, 5.74) is 1.68. The second kappa shape index (κ2) is 8.79. The fraction of sp³-hybridized carbons (Fsp3) is 0.150. The zero-order valence-corrected chi connectivity index (χ0v) is 16.0. The fourth-order valence-corrected chi connectivity index (χ4v) is 2.63. The van der Waals surface area contributed by atoms with Gasteiger partial charge < -0.3 is 16.0 Å². The number of nitro groups is 1. The standard InChI is InChI=1S/C20H20N6O3/c1-3-21-18-12-19(23-13(2)22-18)24-15-6-8-16(9-7-15)25-20(27)14-4-10-17(11-5-14)26(28)29/h4-12H,3H2,1-2H3,(H,25,27)(H2,21,22,23,24). The summed E-state index contributed by atoms with van der Waals surface area (Å²) in [6.07, 6.45) is 0. The Hall–Kier alpha value is -4.01. The highest BCUT2D eigenvalue weighted by Gasteiger charge is 2.10. The Morgan fingerprint density at radius 3 is 2.24 bits per heavy atom. The van der Waals surface area contributed by atoms with E-state index in [0.29, 0.717) is 22.9 Å². The van der Waals surface area contributed by atoms with Crippen LogP contribution in [0.25, 0.3) is 0 Å². The smallest absolute Gasteiger partial charge is 0.269 e. The monoisotopic (exact) mass is 392 g/mol. The van der Waals surface area contributed by atoms with E-state index in [2.05, 4.69) is 25.9 Å². The third-order valence-electron chi connectivity index (χ3n) is 3.95. The highest BCUT2D eigenvalue weighted by Crippen LogP contribution is 2.20. The average molecular weight is 392 g/mol. The number of nitrogens with one attached hydrogen (secondary N) is 3. The first kappa shape index (κ1) is 19.7. The first-order valence-electron chi connectivity index (χ1n) is 8.97. The lowest BCUT2D eigenvalue weighted by molar-refractivity contribution is -0.384. The Bertz CT molecular complexity index is 1020. The van der Waals surface area contributed by atoms with Crippen molar-refractivity contribution in [3.05, 3.63) is 76.1 Å². The third-order valence-corrected chi connectivity index (χ3v) is 3.95. The molecule has 0 aliphatic rings. The molecule has 148 valence electrons. The zero-order chi connectivity index (χ0) is 20.8. The van der Waals surface area contributed by atoms with E-state index in [9.17, 15) is 14.9 Å². The number of aryl methyl sites for hydroxylation is 1. The van der Waals surface area contributed by atoms with Crippen LogP contribution in [0.2, 0.25) is 0 Å². The minimum absolute atomic E-state index is 0.0609. The number of hydrogen-bond donors (Lipinski definition) is 3. The van der Waals surface area contributed by atoms with Crippen LogP contribution in [-0.2, 0) is 0 Å². The maximum Gasteiger partial charge on any atom is 0.269 e. The average Bonchev–Trinajstić information content (AvgIpc) is 2.69. The predicted molar refractivity (Wildman–Crippen MR) is 112 cm³/mol. The Kier molecular flexibility index (Phi) is 5.98. The van der Waals surface area contributed by atoms with E-state index in [1.54, 1.807) is 12.1 Å². The van der Waals surface area contributed by atoms with Crippen LogP contribution in [0.5, 0.6) is 0 Å². The van der Waals surface area contributed by atoms with Crippen LogP contribution in [0.3, 0.4) is 0 Å². The summed E-state index contributed by atoms with van der Waals surface area (Å²) >= 11 is 0. The molecule has 9 heteroatoms. The molecule has 3 rings (SSSR count). The highest BCUT2D eigenvalue weighted by molar-refractivity contribution is 6.04. The summed E-state index contributed by atoms with van der Waals surface area (Å²) in [6.45, 7) is 4.58. The van der Waals surface area contributed by atoms with Crippen molar-refractivity contribution < 1.29 is 9.72 Å². The Morgan fingerprint density at radius 2 is 1.62 bits per heavy atom. The van der Waals surface area contributed by atoms with Gasteiger partial charge in [0, 0.05) is 41.7 Å². The first-order valence-corrected chi connectivity index (χ1v) is 8.97. The summed E-state index contributed by atoms with van der Waals surface area (Å²) in [7, 11) is 0. The minimum Gasteiger partial charge on any atom is -0.370 e. The predicted octanol–water partition coefficient (Wildman–Crippen LogP) is 4.12. The largest absolute Gasteiger partial charge is 0.370 e. The summed E-state index contributed by atoms with van der Waals surface area (Å²) < 4.78 is 0. The van der Waals surface area contributed by atoms with Crippen molar-refractivity contribution in [2.75, 3.05) is 22.5 Å². The molecule has 2 aromatic carbocycles. The zero-order valence-electron chi connectivity index (χ0n) is 16.0. The maximum atomic E-state index is 12.3. The quantitative estimate of drug-likeness (QED) is 0.408. The molecule has 0 fully saturated rings. The molecule has 0 aliphatic heterocycles. The summed E-state index contributed by atoms with van der Waals surface area (Å²) in [5, 5.41) is 19.8. The summed E-state index contributed by atoms with van der Waals surface area (Å²) in [4.78, 5) is 31.1. The molecule has 0 atom stereocenters. The van der Waals surface area contributed by atoms with Gasteiger partial charge in [0.1, 0.15) is 17.5 Å². The summed E-state index contributed by atoms with van der Waals surface area (Å²) in [6, 6.07) is 14.4. The van der Waals surface area contributed by atoms with E-state index in [1.807, 2.05) is 32.0 Å². The van der Waals surface area contributed by atoms with E-state index in [0.717, 1.165) is 18.1 Å². The fourth-order valence-electron chi connectivity index (χ4n) is 2.63. The van der Waals surface area contributed by atoms with Gasteiger partial charge in [0.05, 0.1) is 4.92 Å². The van der Waals surface area contributed by atoms with Gasteiger partial charge in [0.25, 0.3) is 11.6 Å². The van der Waals surface area contributed by atoms with Crippen LogP contribution in [0.1, 0.15) is 23.1 Å². The molecule has 3 aromatic rings. The van der Waals surface area contributed by atoms with Gasteiger partial charge in [-0.05, 0) is 50.2 Å². The molecule has 0 saturated carbocycles. The molecule has 0 saturated heterocycles. The van der Waals surface area contributed by atoms with Crippen molar-refractivity contribution in [3.8, 4) is 0 Å². The molecular weight excluding hydrogens is 372 g/mol. The molecule has 29 heavy (non-hydrogen) atoms. The minimum atomic E-state index is -0.506. The van der Waals surface area contributed by atoms with Crippen molar-refractivity contribution in [1.29, 1.82) is 0 Å². The topological polar surface area (TPSA) is 122 Å². The maximum absolute atomic E-state index is 12.3. The lowest BCUT2D eigenvalue weighted by Gasteiger charge is -2.10. The number of anilines is 4. The van der Waals surface area contributed by atoms with Gasteiger partial charge in [0.15, 0.2) is 0 Å². The molecule has 0 spiro atoms. The van der Waals surface area contributed by atoms with Gasteiger partial charge >= 0.3 is 0 Å². The van der Waals surface area contributed by atoms with Crippen molar-refractivity contribution >= 4 is 34.6 Å². The van der Waals surface area contributed by atoms with Crippen LogP contribution in [0, 0.1) is 17.0 Å². The van der Waals surface area contributed by atoms with Gasteiger partial charge in [-0.3, -0.25) is 14.9 Å². The molecule has 1 aromatic heterocycles. The van der Waals surface area contributed by atoms with E-state index >= 15 is 0 Å². The number of benzene rings is 2. The van der Waals surface area contributed by atoms with Gasteiger partial charge in [-0.25, -0.2) is 9.97 Å². The van der Waals surface area contributed by atoms with E-state index in [4.69, 9.17) is 0 Å². The second-order valence-electron chi connectivity index (χ2n) is 6.18. The molecule has 3 N–H and O–H groups in total. The van der Waals surface area contributed by atoms with Crippen LogP contribution in [0.15, 0.2) is 54.6 Å². The van der Waals surface area contributed by atoms with Crippen molar-refractivity contribution in [3.63, 3.8) is 0 Å². The number of nitro benzene ring substituents is 1. The molecule has 0 bridgehead atoms. The van der Waals surface area contributed by atoms with Crippen LogP contribution in [0.4, 0.5) is 28.7 Å². The highest BCUT2D eigenvalue weighted by atomic mass is 16.6. The van der Waals surface area contributed by atoms with E-state index in [-0.39, 0.29) is 11.6 Å². The van der Waals surface area contributed by atoms with Gasteiger partial charge in [-0.1, -0.05) is 0 Å².